The fourth-order valence-electron chi connectivity index (χ4n) is 3.95. The molecule has 1 aliphatic heterocycles. The van der Waals surface area contributed by atoms with Crippen LogP contribution in [0, 0.1) is 9.49 Å². The third kappa shape index (κ3) is 7.94. The van der Waals surface area contributed by atoms with Gasteiger partial charge in [0.05, 0.1) is 31.4 Å². The molecular formula is C24H28F3IN2O5. The second kappa shape index (κ2) is 12.7. The van der Waals surface area contributed by atoms with Gasteiger partial charge in [-0.15, -0.1) is 0 Å². The number of piperidine rings is 1. The normalized spacial score (nSPS) is 15.7. The highest BCUT2D eigenvalue weighted by atomic mass is 127. The van der Waals surface area contributed by atoms with Crippen LogP contribution in [0.25, 0.3) is 0 Å². The number of alkyl halides is 3. The van der Waals surface area contributed by atoms with Crippen LogP contribution in [-0.4, -0.2) is 57.8 Å². The average Bonchev–Trinajstić information content (AvgIpc) is 2.83. The molecule has 192 valence electrons. The lowest BCUT2D eigenvalue weighted by atomic mass is 9.96. The summed E-state index contributed by atoms with van der Waals surface area (Å²) in [4.78, 5) is 18.9. The summed E-state index contributed by atoms with van der Waals surface area (Å²) >= 11 is 1.95. The van der Waals surface area contributed by atoms with E-state index in [1.54, 1.807) is 31.4 Å². The Hall–Kier alpha value is -2.12. The summed E-state index contributed by atoms with van der Waals surface area (Å²) in [5.74, 6) is -0.235. The summed E-state index contributed by atoms with van der Waals surface area (Å²) < 4.78 is 62.4. The minimum absolute atomic E-state index is 0.191. The van der Waals surface area contributed by atoms with Gasteiger partial charge in [-0.05, 0) is 53.5 Å². The van der Waals surface area contributed by atoms with Crippen molar-refractivity contribution in [2.45, 2.75) is 31.5 Å². The van der Waals surface area contributed by atoms with Crippen LogP contribution in [0.5, 0.6) is 5.88 Å². The molecule has 3 rings (SSSR count). The molecule has 11 heteroatoms. The van der Waals surface area contributed by atoms with E-state index in [9.17, 15) is 18.0 Å². The Morgan fingerprint density at radius 1 is 1.23 bits per heavy atom. The lowest BCUT2D eigenvalue weighted by Crippen LogP contribution is -2.36. The van der Waals surface area contributed by atoms with Crippen molar-refractivity contribution in [3.8, 4) is 5.88 Å². The first kappa shape index (κ1) is 27.5. The molecule has 1 saturated heterocycles. The van der Waals surface area contributed by atoms with Gasteiger partial charge in [0.25, 0.3) is 0 Å². The SMILES string of the molecule is COCOCC1CCN(c2cc(OC)ncc2C(CC(F)(F)F)OC(=O)c2ccccc2I)CC1. The number of ether oxygens (including phenoxy) is 4. The number of esters is 1. The first-order valence-electron chi connectivity index (χ1n) is 11.1. The molecule has 0 radical (unpaired) electrons. The van der Waals surface area contributed by atoms with E-state index in [0.29, 0.717) is 34.9 Å². The summed E-state index contributed by atoms with van der Waals surface area (Å²) in [5, 5.41) is 0. The van der Waals surface area contributed by atoms with Crippen LogP contribution >= 0.6 is 22.6 Å². The molecule has 0 spiro atoms. The highest BCUT2D eigenvalue weighted by molar-refractivity contribution is 14.1. The Bertz CT molecular complexity index is 984. The zero-order chi connectivity index (χ0) is 25.4. The zero-order valence-electron chi connectivity index (χ0n) is 19.5. The number of benzene rings is 1. The number of anilines is 1. The molecule has 1 aliphatic rings. The molecule has 0 N–H and O–H groups in total. The molecule has 0 bridgehead atoms. The Morgan fingerprint density at radius 2 is 1.94 bits per heavy atom. The van der Waals surface area contributed by atoms with E-state index in [2.05, 4.69) is 4.98 Å². The van der Waals surface area contributed by atoms with Crippen LogP contribution in [-0.2, 0) is 14.2 Å². The number of carbonyl (C=O) groups excluding carboxylic acids is 1. The standard InChI is InChI=1S/C24H28F3IN2O5/c1-32-15-34-14-16-7-9-30(10-8-16)20-11-22(33-2)29-13-18(20)21(12-24(25,26)27)35-23(31)17-5-3-4-6-19(17)28/h3-6,11,13,16,21H,7-10,12,14-15H2,1-2H3. The smallest absolute Gasteiger partial charge is 0.392 e. The van der Waals surface area contributed by atoms with Crippen molar-refractivity contribution in [1.29, 1.82) is 0 Å². The monoisotopic (exact) mass is 608 g/mol. The largest absolute Gasteiger partial charge is 0.481 e. The molecule has 35 heavy (non-hydrogen) atoms. The molecular weight excluding hydrogens is 580 g/mol. The van der Waals surface area contributed by atoms with Gasteiger partial charge >= 0.3 is 12.1 Å². The van der Waals surface area contributed by atoms with E-state index in [-0.39, 0.29) is 23.8 Å². The van der Waals surface area contributed by atoms with Crippen LogP contribution in [0.2, 0.25) is 0 Å². The maximum atomic E-state index is 13.6. The second-order valence-electron chi connectivity index (χ2n) is 8.19. The molecule has 1 fully saturated rings. The number of hydrogen-bond donors (Lipinski definition) is 0. The van der Waals surface area contributed by atoms with Crippen LogP contribution in [0.3, 0.4) is 0 Å². The fourth-order valence-corrected chi connectivity index (χ4v) is 4.56. The van der Waals surface area contributed by atoms with Crippen molar-refractivity contribution in [2.24, 2.45) is 5.92 Å². The van der Waals surface area contributed by atoms with Gasteiger partial charge in [0, 0.05) is 41.6 Å². The van der Waals surface area contributed by atoms with E-state index < -0.39 is 24.7 Å². The van der Waals surface area contributed by atoms with E-state index in [0.717, 1.165) is 12.8 Å². The molecule has 0 aliphatic carbocycles. The fraction of sp³-hybridized carbons (Fsp3) is 0.500. The predicted octanol–water partition coefficient (Wildman–Crippen LogP) is 5.38. The molecule has 1 unspecified atom stereocenters. The van der Waals surface area contributed by atoms with Crippen molar-refractivity contribution in [1.82, 2.24) is 4.98 Å². The minimum Gasteiger partial charge on any atom is -0.481 e. The maximum absolute atomic E-state index is 13.6. The van der Waals surface area contributed by atoms with E-state index >= 15 is 0 Å². The van der Waals surface area contributed by atoms with Gasteiger partial charge < -0.3 is 23.8 Å². The van der Waals surface area contributed by atoms with Gasteiger partial charge in [-0.2, -0.15) is 13.2 Å². The predicted molar refractivity (Wildman–Crippen MR) is 132 cm³/mol. The number of nitrogens with zero attached hydrogens (tertiary/aromatic N) is 2. The molecule has 1 aromatic carbocycles. The van der Waals surface area contributed by atoms with E-state index in [1.165, 1.54) is 19.4 Å². The molecule has 1 aromatic heterocycles. The van der Waals surface area contributed by atoms with Crippen molar-refractivity contribution in [3.63, 3.8) is 0 Å². The van der Waals surface area contributed by atoms with Crippen molar-refractivity contribution in [2.75, 3.05) is 45.6 Å². The second-order valence-corrected chi connectivity index (χ2v) is 9.35. The molecule has 0 saturated carbocycles. The Kier molecular flexibility index (Phi) is 9.99. The zero-order valence-corrected chi connectivity index (χ0v) is 21.7. The highest BCUT2D eigenvalue weighted by Gasteiger charge is 2.37. The van der Waals surface area contributed by atoms with Crippen LogP contribution in [0.15, 0.2) is 36.5 Å². The first-order chi connectivity index (χ1) is 16.7. The number of methoxy groups -OCH3 is 2. The lowest BCUT2D eigenvalue weighted by molar-refractivity contribution is -0.155. The third-order valence-corrected chi connectivity index (χ3v) is 6.65. The average molecular weight is 608 g/mol. The summed E-state index contributed by atoms with van der Waals surface area (Å²) in [6.07, 6.45) is -4.56. The summed E-state index contributed by atoms with van der Waals surface area (Å²) in [7, 11) is 3.00. The summed E-state index contributed by atoms with van der Waals surface area (Å²) in [6.45, 7) is 1.98. The van der Waals surface area contributed by atoms with Crippen molar-refractivity contribution < 1.29 is 36.9 Å². The van der Waals surface area contributed by atoms with Gasteiger partial charge in [0.15, 0.2) is 0 Å². The molecule has 1 atom stereocenters. The van der Waals surface area contributed by atoms with Gasteiger partial charge in [-0.25, -0.2) is 9.78 Å². The topological polar surface area (TPSA) is 70.1 Å². The van der Waals surface area contributed by atoms with Gasteiger partial charge in [-0.3, -0.25) is 0 Å². The minimum atomic E-state index is -4.56. The number of pyridine rings is 1. The van der Waals surface area contributed by atoms with Crippen LogP contribution in [0.4, 0.5) is 18.9 Å². The lowest BCUT2D eigenvalue weighted by Gasteiger charge is -2.35. The van der Waals surface area contributed by atoms with E-state index in [4.69, 9.17) is 18.9 Å². The summed E-state index contributed by atoms with van der Waals surface area (Å²) in [6, 6.07) is 8.19. The van der Waals surface area contributed by atoms with Crippen molar-refractivity contribution >= 4 is 34.2 Å². The maximum Gasteiger partial charge on any atom is 0.392 e. The third-order valence-electron chi connectivity index (χ3n) is 5.71. The molecule has 2 heterocycles. The van der Waals surface area contributed by atoms with Gasteiger partial charge in [-0.1, -0.05) is 12.1 Å². The number of halogens is 4. The molecule has 0 amide bonds. The number of rotatable bonds is 10. The molecule has 2 aromatic rings. The Morgan fingerprint density at radius 3 is 2.57 bits per heavy atom. The van der Waals surface area contributed by atoms with Gasteiger partial charge in [0.2, 0.25) is 5.88 Å². The van der Waals surface area contributed by atoms with Crippen LogP contribution in [0.1, 0.15) is 41.3 Å². The van der Waals surface area contributed by atoms with Gasteiger partial charge in [0.1, 0.15) is 12.9 Å². The highest BCUT2D eigenvalue weighted by Crippen LogP contribution is 2.39. The van der Waals surface area contributed by atoms with Crippen molar-refractivity contribution in [3.05, 3.63) is 51.2 Å². The van der Waals surface area contributed by atoms with E-state index in [1.807, 2.05) is 27.5 Å². The summed E-state index contributed by atoms with van der Waals surface area (Å²) in [5.41, 5.74) is 0.912. The number of hydrogen-bond acceptors (Lipinski definition) is 7. The quantitative estimate of drug-likeness (QED) is 0.155. The number of aromatic nitrogens is 1. The first-order valence-corrected chi connectivity index (χ1v) is 12.2. The number of carbonyl (C=O) groups is 1. The van der Waals surface area contributed by atoms with Crippen LogP contribution < -0.4 is 9.64 Å². The Balaban J connectivity index is 1.87. The molecule has 7 nitrogen and oxygen atoms in total. The Labute approximate surface area is 216 Å².